The number of rotatable bonds is 3. The summed E-state index contributed by atoms with van der Waals surface area (Å²) in [6.07, 6.45) is 2.44. The Balaban J connectivity index is 1.69. The first kappa shape index (κ1) is 12.4. The molecule has 1 atom stereocenters. The first-order chi connectivity index (χ1) is 9.24. The van der Waals surface area contributed by atoms with Gasteiger partial charge in [0.25, 0.3) is 0 Å². The Morgan fingerprint density at radius 3 is 2.74 bits per heavy atom. The van der Waals surface area contributed by atoms with Crippen molar-refractivity contribution in [3.05, 3.63) is 70.3 Å². The van der Waals surface area contributed by atoms with Crippen LogP contribution in [0, 0.1) is 13.8 Å². The molecule has 0 bridgehead atoms. The fraction of sp³-hybridized carbons (Fsp3) is 0.333. The molecule has 3 rings (SSSR count). The monoisotopic (exact) mass is 251 g/mol. The van der Waals surface area contributed by atoms with Gasteiger partial charge >= 0.3 is 0 Å². The molecule has 0 aliphatic heterocycles. The van der Waals surface area contributed by atoms with Crippen LogP contribution in [0.2, 0.25) is 0 Å². The largest absolute Gasteiger partial charge is 0.306 e. The molecule has 98 valence electrons. The van der Waals surface area contributed by atoms with E-state index in [4.69, 9.17) is 0 Å². The molecule has 2 aromatic rings. The van der Waals surface area contributed by atoms with Crippen molar-refractivity contribution in [3.63, 3.8) is 0 Å². The highest BCUT2D eigenvalue weighted by Crippen LogP contribution is 2.30. The lowest BCUT2D eigenvalue weighted by Crippen LogP contribution is -2.18. The molecule has 1 nitrogen and oxygen atoms in total. The lowest BCUT2D eigenvalue weighted by atomic mass is 10.1. The maximum absolute atomic E-state index is 3.70. The first-order valence-corrected chi connectivity index (χ1v) is 7.11. The predicted molar refractivity (Wildman–Crippen MR) is 80.3 cm³/mol. The Kier molecular flexibility index (Phi) is 3.39. The van der Waals surface area contributed by atoms with Gasteiger partial charge in [0, 0.05) is 12.6 Å². The molecular weight excluding hydrogens is 230 g/mol. The van der Waals surface area contributed by atoms with Gasteiger partial charge in [-0.05, 0) is 54.5 Å². The average molecular weight is 251 g/mol. The van der Waals surface area contributed by atoms with Crippen molar-refractivity contribution < 1.29 is 0 Å². The number of fused-ring (bicyclic) bond motifs is 1. The van der Waals surface area contributed by atoms with Crippen LogP contribution in [0.3, 0.4) is 0 Å². The first-order valence-electron chi connectivity index (χ1n) is 7.11. The Morgan fingerprint density at radius 1 is 1.05 bits per heavy atom. The highest BCUT2D eigenvalue weighted by atomic mass is 14.9. The summed E-state index contributed by atoms with van der Waals surface area (Å²) in [7, 11) is 0. The fourth-order valence-electron chi connectivity index (χ4n) is 2.92. The number of hydrogen-bond donors (Lipinski definition) is 1. The van der Waals surface area contributed by atoms with Gasteiger partial charge in [-0.2, -0.15) is 0 Å². The predicted octanol–water partition coefficient (Wildman–Crippen LogP) is 4.08. The van der Waals surface area contributed by atoms with Gasteiger partial charge in [-0.3, -0.25) is 0 Å². The number of hydrogen-bond acceptors (Lipinski definition) is 1. The highest BCUT2D eigenvalue weighted by molar-refractivity contribution is 5.35. The molecular formula is C18H21N. The molecule has 0 spiro atoms. The summed E-state index contributed by atoms with van der Waals surface area (Å²) in [5.74, 6) is 0. The zero-order valence-electron chi connectivity index (χ0n) is 11.7. The summed E-state index contributed by atoms with van der Waals surface area (Å²) in [6, 6.07) is 16.1. The van der Waals surface area contributed by atoms with Crippen molar-refractivity contribution in [3.8, 4) is 0 Å². The van der Waals surface area contributed by atoms with E-state index >= 15 is 0 Å². The Labute approximate surface area is 115 Å². The van der Waals surface area contributed by atoms with Crippen molar-refractivity contribution in [1.29, 1.82) is 0 Å². The molecule has 0 aromatic heterocycles. The lowest BCUT2D eigenvalue weighted by molar-refractivity contribution is 0.530. The van der Waals surface area contributed by atoms with Gasteiger partial charge in [0.1, 0.15) is 0 Å². The third-order valence-corrected chi connectivity index (χ3v) is 4.26. The van der Waals surface area contributed by atoms with Crippen LogP contribution >= 0.6 is 0 Å². The van der Waals surface area contributed by atoms with Crippen LogP contribution in [-0.2, 0) is 13.0 Å². The van der Waals surface area contributed by atoms with Crippen molar-refractivity contribution in [2.45, 2.75) is 39.3 Å². The Morgan fingerprint density at radius 2 is 1.89 bits per heavy atom. The maximum atomic E-state index is 3.70. The van der Waals surface area contributed by atoms with Crippen LogP contribution in [0.4, 0.5) is 0 Å². The van der Waals surface area contributed by atoms with Gasteiger partial charge < -0.3 is 5.32 Å². The minimum atomic E-state index is 0.526. The third kappa shape index (κ3) is 2.57. The Bertz CT molecular complexity index is 586. The van der Waals surface area contributed by atoms with Gasteiger partial charge in [-0.15, -0.1) is 0 Å². The van der Waals surface area contributed by atoms with Gasteiger partial charge in [-0.25, -0.2) is 0 Å². The molecule has 1 unspecified atom stereocenters. The fourth-order valence-corrected chi connectivity index (χ4v) is 2.92. The van der Waals surface area contributed by atoms with E-state index in [0.29, 0.717) is 6.04 Å². The van der Waals surface area contributed by atoms with E-state index in [1.807, 2.05) is 0 Å². The number of nitrogens with one attached hydrogen (secondary N) is 1. The van der Waals surface area contributed by atoms with E-state index in [1.54, 1.807) is 0 Å². The van der Waals surface area contributed by atoms with Gasteiger partial charge in [0.2, 0.25) is 0 Å². The minimum Gasteiger partial charge on any atom is -0.306 e. The third-order valence-electron chi connectivity index (χ3n) is 4.26. The molecule has 0 radical (unpaired) electrons. The summed E-state index contributed by atoms with van der Waals surface area (Å²) in [5.41, 5.74) is 7.14. The standard InChI is InChI=1S/C18H21N/c1-13-7-8-15(11-14(13)2)12-19-18-10-9-16-5-3-4-6-17(16)18/h3-8,11,18-19H,9-10,12H2,1-2H3. The molecule has 0 fully saturated rings. The number of benzene rings is 2. The van der Waals surface area contributed by atoms with Gasteiger partial charge in [0.05, 0.1) is 0 Å². The quantitative estimate of drug-likeness (QED) is 0.866. The summed E-state index contributed by atoms with van der Waals surface area (Å²) in [6.45, 7) is 5.31. The molecule has 1 aliphatic carbocycles. The van der Waals surface area contributed by atoms with Crippen molar-refractivity contribution in [2.75, 3.05) is 0 Å². The zero-order valence-corrected chi connectivity index (χ0v) is 11.7. The molecule has 1 aliphatic rings. The second-order valence-corrected chi connectivity index (χ2v) is 5.59. The van der Waals surface area contributed by atoms with E-state index in [9.17, 15) is 0 Å². The smallest absolute Gasteiger partial charge is 0.0329 e. The second-order valence-electron chi connectivity index (χ2n) is 5.59. The van der Waals surface area contributed by atoms with Crippen LogP contribution < -0.4 is 5.32 Å². The van der Waals surface area contributed by atoms with Crippen molar-refractivity contribution in [1.82, 2.24) is 5.32 Å². The van der Waals surface area contributed by atoms with Crippen LogP contribution in [-0.4, -0.2) is 0 Å². The van der Waals surface area contributed by atoms with Crippen molar-refractivity contribution >= 4 is 0 Å². The van der Waals surface area contributed by atoms with Crippen LogP contribution in [0.15, 0.2) is 42.5 Å². The van der Waals surface area contributed by atoms with E-state index in [-0.39, 0.29) is 0 Å². The zero-order chi connectivity index (χ0) is 13.2. The summed E-state index contributed by atoms with van der Waals surface area (Å²) >= 11 is 0. The van der Waals surface area contributed by atoms with Gasteiger partial charge in [-0.1, -0.05) is 42.5 Å². The van der Waals surface area contributed by atoms with E-state index in [2.05, 4.69) is 61.6 Å². The molecule has 0 heterocycles. The molecule has 1 heteroatoms. The average Bonchev–Trinajstić information content (AvgIpc) is 2.83. The molecule has 0 saturated carbocycles. The van der Waals surface area contributed by atoms with E-state index < -0.39 is 0 Å². The van der Waals surface area contributed by atoms with Crippen LogP contribution in [0.1, 0.15) is 40.3 Å². The molecule has 2 aromatic carbocycles. The molecule has 0 saturated heterocycles. The lowest BCUT2D eigenvalue weighted by Gasteiger charge is -2.14. The highest BCUT2D eigenvalue weighted by Gasteiger charge is 2.20. The number of aryl methyl sites for hydroxylation is 3. The molecule has 19 heavy (non-hydrogen) atoms. The Hall–Kier alpha value is -1.60. The summed E-state index contributed by atoms with van der Waals surface area (Å²) < 4.78 is 0. The van der Waals surface area contributed by atoms with Crippen LogP contribution in [0.25, 0.3) is 0 Å². The van der Waals surface area contributed by atoms with E-state index in [1.165, 1.54) is 40.7 Å². The summed E-state index contributed by atoms with van der Waals surface area (Å²) in [5, 5.41) is 3.70. The normalized spacial score (nSPS) is 17.5. The van der Waals surface area contributed by atoms with E-state index in [0.717, 1.165) is 6.54 Å². The molecule has 0 amide bonds. The van der Waals surface area contributed by atoms with Crippen LogP contribution in [0.5, 0.6) is 0 Å². The minimum absolute atomic E-state index is 0.526. The van der Waals surface area contributed by atoms with Gasteiger partial charge in [0.15, 0.2) is 0 Å². The second kappa shape index (κ2) is 5.18. The van der Waals surface area contributed by atoms with Crippen molar-refractivity contribution in [2.24, 2.45) is 0 Å². The topological polar surface area (TPSA) is 12.0 Å². The molecule has 1 N–H and O–H groups in total. The SMILES string of the molecule is Cc1ccc(CNC2CCc3ccccc32)cc1C. The maximum Gasteiger partial charge on any atom is 0.0329 e. The summed E-state index contributed by atoms with van der Waals surface area (Å²) in [4.78, 5) is 0.